The third-order valence-corrected chi connectivity index (χ3v) is 4.63. The molecule has 3 rings (SSSR count). The van der Waals surface area contributed by atoms with E-state index in [0.29, 0.717) is 30.1 Å². The fourth-order valence-corrected chi connectivity index (χ4v) is 3.30. The summed E-state index contributed by atoms with van der Waals surface area (Å²) in [4.78, 5) is 19.3. The second kappa shape index (κ2) is 11.5. The minimum atomic E-state index is -0.545. The number of hydrogen-bond acceptors (Lipinski definition) is 7. The van der Waals surface area contributed by atoms with E-state index in [4.69, 9.17) is 9.47 Å². The molecule has 0 bridgehead atoms. The maximum Gasteiger partial charge on any atom is 0.270 e. The fourth-order valence-electron chi connectivity index (χ4n) is 3.30. The monoisotopic (exact) mass is 457 g/mol. The van der Waals surface area contributed by atoms with Crippen LogP contribution in [0.2, 0.25) is 0 Å². The number of rotatable bonds is 10. The summed E-state index contributed by atoms with van der Waals surface area (Å²) in [7, 11) is 0. The van der Waals surface area contributed by atoms with E-state index in [1.807, 2.05) is 57.2 Å². The van der Waals surface area contributed by atoms with Crippen LogP contribution in [0.1, 0.15) is 37.5 Å². The summed E-state index contributed by atoms with van der Waals surface area (Å²) in [6.45, 7) is 10.1. The van der Waals surface area contributed by atoms with Gasteiger partial charge in [0.05, 0.1) is 24.6 Å². The fraction of sp³-hybridized carbons (Fsp3) is 0.231. The topological polar surface area (TPSA) is 112 Å². The first kappa shape index (κ1) is 24.3. The molecule has 34 heavy (non-hydrogen) atoms. The number of allylic oxidation sites excluding steroid dienone is 1. The largest absolute Gasteiger partial charge is 0.490 e. The number of H-pyrrole nitrogens is 1. The van der Waals surface area contributed by atoms with Crippen LogP contribution in [0.4, 0.5) is 5.95 Å². The molecule has 0 amide bonds. The average Bonchev–Trinajstić information content (AvgIpc) is 2.81. The van der Waals surface area contributed by atoms with Crippen molar-refractivity contribution in [2.24, 2.45) is 5.10 Å². The van der Waals surface area contributed by atoms with Crippen molar-refractivity contribution in [3.8, 4) is 28.8 Å². The molecule has 0 unspecified atom stereocenters. The molecule has 0 atom stereocenters. The van der Waals surface area contributed by atoms with Gasteiger partial charge in [0, 0.05) is 11.1 Å². The van der Waals surface area contributed by atoms with E-state index in [2.05, 4.69) is 27.1 Å². The van der Waals surface area contributed by atoms with Crippen LogP contribution < -0.4 is 20.5 Å². The second-order valence-electron chi connectivity index (χ2n) is 7.59. The van der Waals surface area contributed by atoms with Crippen LogP contribution in [0.15, 0.2) is 65.0 Å². The maximum absolute atomic E-state index is 12.4. The van der Waals surface area contributed by atoms with Gasteiger partial charge >= 0.3 is 0 Å². The number of benzene rings is 2. The number of nitriles is 1. The molecule has 0 aliphatic rings. The summed E-state index contributed by atoms with van der Waals surface area (Å²) < 4.78 is 11.8. The van der Waals surface area contributed by atoms with Crippen LogP contribution in [0.25, 0.3) is 11.3 Å². The zero-order valence-electron chi connectivity index (χ0n) is 19.5. The Hall–Kier alpha value is -4.38. The number of aromatic amines is 1. The van der Waals surface area contributed by atoms with Crippen molar-refractivity contribution in [3.63, 3.8) is 0 Å². The van der Waals surface area contributed by atoms with Crippen molar-refractivity contribution in [3.05, 3.63) is 82.2 Å². The lowest BCUT2D eigenvalue weighted by atomic mass is 10.1. The highest BCUT2D eigenvalue weighted by molar-refractivity contribution is 5.82. The first-order chi connectivity index (χ1) is 16.5. The molecular weight excluding hydrogens is 430 g/mol. The molecule has 0 saturated heterocycles. The number of hydrogen-bond donors (Lipinski definition) is 2. The van der Waals surface area contributed by atoms with Crippen molar-refractivity contribution in [2.75, 3.05) is 12.0 Å². The zero-order chi connectivity index (χ0) is 24.5. The van der Waals surface area contributed by atoms with Gasteiger partial charge in [0.2, 0.25) is 5.95 Å². The molecule has 1 aromatic heterocycles. The van der Waals surface area contributed by atoms with Crippen LogP contribution in [0.3, 0.4) is 0 Å². The van der Waals surface area contributed by atoms with Gasteiger partial charge in [0.15, 0.2) is 11.5 Å². The van der Waals surface area contributed by atoms with Gasteiger partial charge in [-0.1, -0.05) is 36.4 Å². The Bertz CT molecular complexity index is 1270. The van der Waals surface area contributed by atoms with E-state index in [-0.39, 0.29) is 23.3 Å². The summed E-state index contributed by atoms with van der Waals surface area (Å²) in [6.07, 6.45) is 3.98. The molecule has 3 aromatic rings. The lowest BCUT2D eigenvalue weighted by Crippen LogP contribution is -2.16. The molecule has 8 heteroatoms. The summed E-state index contributed by atoms with van der Waals surface area (Å²) in [5.41, 5.74) is 4.78. The van der Waals surface area contributed by atoms with Crippen molar-refractivity contribution in [1.29, 1.82) is 5.26 Å². The Balaban J connectivity index is 1.93. The molecule has 2 aromatic carbocycles. The highest BCUT2D eigenvalue weighted by Gasteiger charge is 2.15. The molecule has 0 spiro atoms. The highest BCUT2D eigenvalue weighted by Crippen LogP contribution is 2.34. The summed E-state index contributed by atoms with van der Waals surface area (Å²) >= 11 is 0. The second-order valence-corrected chi connectivity index (χ2v) is 7.59. The zero-order valence-corrected chi connectivity index (χ0v) is 19.5. The van der Waals surface area contributed by atoms with Gasteiger partial charge in [0.25, 0.3) is 5.56 Å². The number of anilines is 1. The smallest absolute Gasteiger partial charge is 0.270 e. The number of ether oxygens (including phenoxy) is 2. The third kappa shape index (κ3) is 5.90. The molecule has 1 heterocycles. The molecule has 0 fully saturated rings. The summed E-state index contributed by atoms with van der Waals surface area (Å²) in [5.74, 6) is 1.43. The number of hydrazone groups is 1. The first-order valence-electron chi connectivity index (χ1n) is 10.9. The predicted molar refractivity (Wildman–Crippen MR) is 134 cm³/mol. The third-order valence-electron chi connectivity index (χ3n) is 4.63. The average molecular weight is 458 g/mol. The maximum atomic E-state index is 12.4. The molecule has 0 radical (unpaired) electrons. The lowest BCUT2D eigenvalue weighted by Gasteiger charge is -2.18. The number of nitrogens with zero attached hydrogens (tertiary/aromatic N) is 3. The first-order valence-corrected chi connectivity index (χ1v) is 10.9. The van der Waals surface area contributed by atoms with E-state index in [0.717, 1.165) is 11.1 Å². The van der Waals surface area contributed by atoms with E-state index in [1.54, 1.807) is 24.4 Å². The molecule has 8 nitrogen and oxygen atoms in total. The molecule has 0 saturated carbocycles. The van der Waals surface area contributed by atoms with Crippen LogP contribution in [-0.2, 0) is 6.42 Å². The minimum absolute atomic E-state index is 0.0120. The van der Waals surface area contributed by atoms with Gasteiger partial charge in [-0.2, -0.15) is 10.4 Å². The quantitative estimate of drug-likeness (QED) is 0.260. The standard InChI is InChI=1S/C26H27N5O3/c1-5-10-20-13-18(14-22(33-6-2)24(20)34-17(3)4)16-28-31-26-29-23(19-11-8-7-9-12-19)21(15-27)25(32)30-26/h5,7-9,11-14,16-17H,1,6,10H2,2-4H3,(H2,29,30,31,32). The van der Waals surface area contributed by atoms with Crippen molar-refractivity contribution >= 4 is 12.2 Å². The van der Waals surface area contributed by atoms with Crippen LogP contribution >= 0.6 is 0 Å². The highest BCUT2D eigenvalue weighted by atomic mass is 16.5. The van der Waals surface area contributed by atoms with Crippen LogP contribution in [-0.4, -0.2) is 28.9 Å². The van der Waals surface area contributed by atoms with Gasteiger partial charge in [-0.25, -0.2) is 10.4 Å². The van der Waals surface area contributed by atoms with Crippen molar-refractivity contribution in [1.82, 2.24) is 9.97 Å². The van der Waals surface area contributed by atoms with E-state index >= 15 is 0 Å². The predicted octanol–water partition coefficient (Wildman–Crippen LogP) is 4.67. The lowest BCUT2D eigenvalue weighted by molar-refractivity contribution is 0.222. The number of nitrogens with one attached hydrogen (secondary N) is 2. The van der Waals surface area contributed by atoms with Crippen LogP contribution in [0, 0.1) is 11.3 Å². The normalized spacial score (nSPS) is 10.8. The van der Waals surface area contributed by atoms with E-state index in [9.17, 15) is 10.1 Å². The molecule has 0 aliphatic heterocycles. The van der Waals surface area contributed by atoms with E-state index < -0.39 is 5.56 Å². The summed E-state index contributed by atoms with van der Waals surface area (Å²) in [5, 5.41) is 13.6. The Kier molecular flexibility index (Phi) is 8.19. The molecule has 174 valence electrons. The van der Waals surface area contributed by atoms with Gasteiger partial charge in [-0.3, -0.25) is 9.78 Å². The molecule has 0 aliphatic carbocycles. The van der Waals surface area contributed by atoms with Crippen LogP contribution in [0.5, 0.6) is 11.5 Å². The Morgan fingerprint density at radius 1 is 1.29 bits per heavy atom. The Morgan fingerprint density at radius 2 is 2.06 bits per heavy atom. The number of aromatic nitrogens is 2. The van der Waals surface area contributed by atoms with Gasteiger partial charge in [-0.15, -0.1) is 6.58 Å². The van der Waals surface area contributed by atoms with Gasteiger partial charge in [-0.05, 0) is 44.9 Å². The minimum Gasteiger partial charge on any atom is -0.490 e. The Labute approximate surface area is 198 Å². The van der Waals surface area contributed by atoms with Crippen molar-refractivity contribution in [2.45, 2.75) is 33.3 Å². The molecule has 2 N–H and O–H groups in total. The van der Waals surface area contributed by atoms with Gasteiger partial charge < -0.3 is 9.47 Å². The Morgan fingerprint density at radius 3 is 2.71 bits per heavy atom. The SMILES string of the molecule is C=CCc1cc(C=NNc2nc(-c3ccccc3)c(C#N)c(=O)[nH]2)cc(OCC)c1OC(C)C. The molecular formula is C26H27N5O3. The van der Waals surface area contributed by atoms with Gasteiger partial charge in [0.1, 0.15) is 11.6 Å². The van der Waals surface area contributed by atoms with Crippen molar-refractivity contribution < 1.29 is 9.47 Å². The summed E-state index contributed by atoms with van der Waals surface area (Å²) in [6, 6.07) is 14.7. The van der Waals surface area contributed by atoms with E-state index in [1.165, 1.54) is 0 Å².